The molecule has 5 nitrogen and oxygen atoms in total. The molecule has 0 fully saturated rings. The highest BCUT2D eigenvalue weighted by molar-refractivity contribution is 6.31. The van der Waals surface area contributed by atoms with Crippen molar-refractivity contribution in [3.63, 3.8) is 0 Å². The van der Waals surface area contributed by atoms with E-state index in [4.69, 9.17) is 25.8 Å². The molecule has 0 amide bonds. The molecule has 0 N–H and O–H groups in total. The van der Waals surface area contributed by atoms with Gasteiger partial charge in [-0.15, -0.1) is 0 Å². The van der Waals surface area contributed by atoms with E-state index in [1.807, 2.05) is 0 Å². The summed E-state index contributed by atoms with van der Waals surface area (Å²) in [6.45, 7) is 3.16. The Hall–Kier alpha value is -1.75. The monoisotopic (exact) mass is 286 g/mol. The third-order valence-electron chi connectivity index (χ3n) is 2.10. The van der Waals surface area contributed by atoms with E-state index in [2.05, 4.69) is 0 Å². The molecule has 1 aromatic carbocycles. The van der Waals surface area contributed by atoms with E-state index in [1.165, 1.54) is 19.2 Å². The summed E-state index contributed by atoms with van der Waals surface area (Å²) in [5.41, 5.74) is 0.210. The summed E-state index contributed by atoms with van der Waals surface area (Å²) < 4.78 is 15.3. The Morgan fingerprint density at radius 3 is 2.63 bits per heavy atom. The van der Waals surface area contributed by atoms with E-state index in [9.17, 15) is 9.59 Å². The Kier molecular flexibility index (Phi) is 5.63. The van der Waals surface area contributed by atoms with E-state index in [-0.39, 0.29) is 29.8 Å². The molecule has 0 aliphatic heterocycles. The van der Waals surface area contributed by atoms with Crippen LogP contribution in [0.4, 0.5) is 0 Å². The molecule has 1 aromatic rings. The van der Waals surface area contributed by atoms with Gasteiger partial charge in [-0.05, 0) is 19.9 Å². The lowest BCUT2D eigenvalue weighted by Crippen LogP contribution is -2.19. The van der Waals surface area contributed by atoms with Gasteiger partial charge in [0.15, 0.2) is 24.4 Å². The Bertz CT molecular complexity index is 470. The minimum absolute atomic E-state index is 0.169. The summed E-state index contributed by atoms with van der Waals surface area (Å²) >= 11 is 5.82. The molecule has 0 radical (unpaired) electrons. The minimum atomic E-state index is -0.524. The minimum Gasteiger partial charge on any atom is -0.493 e. The average molecular weight is 287 g/mol. The maximum atomic E-state index is 11.4. The molecule has 0 aromatic heterocycles. The molecule has 1 rings (SSSR count). The number of hydrogen-bond donors (Lipinski definition) is 0. The number of benzene rings is 1. The van der Waals surface area contributed by atoms with E-state index in [1.54, 1.807) is 13.8 Å². The summed E-state index contributed by atoms with van der Waals surface area (Å²) in [5, 5.41) is 0.344. The standard InChI is InChI=1S/C13H15ClO5/c1-8(2)19-12(16)7-18-13-9(6-15)4-10(14)5-11(13)17-3/h4-6,8H,7H2,1-3H3. The lowest BCUT2D eigenvalue weighted by molar-refractivity contribution is -0.149. The van der Waals surface area contributed by atoms with Crippen LogP contribution < -0.4 is 9.47 Å². The fraction of sp³-hybridized carbons (Fsp3) is 0.385. The van der Waals surface area contributed by atoms with Crippen molar-refractivity contribution in [2.45, 2.75) is 20.0 Å². The third kappa shape index (κ3) is 4.44. The van der Waals surface area contributed by atoms with Gasteiger partial charge in [0, 0.05) is 11.1 Å². The number of ether oxygens (including phenoxy) is 3. The summed E-state index contributed by atoms with van der Waals surface area (Å²) in [4.78, 5) is 22.4. The molecular formula is C13H15ClO5. The third-order valence-corrected chi connectivity index (χ3v) is 2.31. The van der Waals surface area contributed by atoms with Crippen LogP contribution in [0.5, 0.6) is 11.5 Å². The number of aldehydes is 1. The van der Waals surface area contributed by atoms with Crippen molar-refractivity contribution < 1.29 is 23.8 Å². The molecule has 0 bridgehead atoms. The van der Waals surface area contributed by atoms with Crippen molar-refractivity contribution in [2.75, 3.05) is 13.7 Å². The Balaban J connectivity index is 2.87. The second-order valence-corrected chi connectivity index (χ2v) is 4.41. The van der Waals surface area contributed by atoms with Gasteiger partial charge in [0.1, 0.15) is 0 Å². The van der Waals surface area contributed by atoms with E-state index in [0.717, 1.165) is 0 Å². The van der Waals surface area contributed by atoms with Crippen LogP contribution in [0.25, 0.3) is 0 Å². The second kappa shape index (κ2) is 6.99. The van der Waals surface area contributed by atoms with Gasteiger partial charge in [-0.2, -0.15) is 0 Å². The molecule has 104 valence electrons. The van der Waals surface area contributed by atoms with Crippen LogP contribution in [0.2, 0.25) is 5.02 Å². The van der Waals surface area contributed by atoms with Gasteiger partial charge >= 0.3 is 5.97 Å². The Labute approximate surface area is 116 Å². The van der Waals surface area contributed by atoms with Crippen molar-refractivity contribution >= 4 is 23.9 Å². The van der Waals surface area contributed by atoms with Crippen LogP contribution in [0, 0.1) is 0 Å². The van der Waals surface area contributed by atoms with Crippen molar-refractivity contribution in [3.8, 4) is 11.5 Å². The zero-order chi connectivity index (χ0) is 14.4. The SMILES string of the molecule is COc1cc(Cl)cc(C=O)c1OCC(=O)OC(C)C. The number of esters is 1. The van der Waals surface area contributed by atoms with Crippen LogP contribution >= 0.6 is 11.6 Å². The Morgan fingerprint density at radius 1 is 1.42 bits per heavy atom. The molecule has 6 heteroatoms. The number of hydrogen-bond acceptors (Lipinski definition) is 5. The topological polar surface area (TPSA) is 61.8 Å². The Morgan fingerprint density at radius 2 is 2.11 bits per heavy atom. The quantitative estimate of drug-likeness (QED) is 0.594. The highest BCUT2D eigenvalue weighted by Crippen LogP contribution is 2.33. The van der Waals surface area contributed by atoms with Gasteiger partial charge in [0.25, 0.3) is 0 Å². The van der Waals surface area contributed by atoms with Crippen LogP contribution in [0.1, 0.15) is 24.2 Å². The van der Waals surface area contributed by atoms with Crippen LogP contribution in [-0.4, -0.2) is 32.1 Å². The first-order valence-corrected chi connectivity index (χ1v) is 6.00. The summed E-state index contributed by atoms with van der Waals surface area (Å²) in [5.74, 6) is -0.0709. The molecule has 19 heavy (non-hydrogen) atoms. The van der Waals surface area contributed by atoms with Gasteiger partial charge in [-0.3, -0.25) is 4.79 Å². The smallest absolute Gasteiger partial charge is 0.344 e. The lowest BCUT2D eigenvalue weighted by Gasteiger charge is -2.13. The fourth-order valence-electron chi connectivity index (χ4n) is 1.41. The summed E-state index contributed by atoms with van der Waals surface area (Å²) in [7, 11) is 1.42. The largest absolute Gasteiger partial charge is 0.493 e. The molecule has 0 saturated carbocycles. The molecule has 0 heterocycles. The molecule has 0 aliphatic rings. The van der Waals surface area contributed by atoms with E-state index in [0.29, 0.717) is 11.3 Å². The number of carbonyl (C=O) groups excluding carboxylic acids is 2. The average Bonchev–Trinajstić information content (AvgIpc) is 2.35. The van der Waals surface area contributed by atoms with Crippen LogP contribution in [-0.2, 0) is 9.53 Å². The lowest BCUT2D eigenvalue weighted by atomic mass is 10.2. The predicted octanol–water partition coefficient (Wildman–Crippen LogP) is 2.49. The maximum absolute atomic E-state index is 11.4. The highest BCUT2D eigenvalue weighted by Gasteiger charge is 2.15. The number of rotatable bonds is 6. The first kappa shape index (κ1) is 15.3. The van der Waals surface area contributed by atoms with Crippen LogP contribution in [0.3, 0.4) is 0 Å². The van der Waals surface area contributed by atoms with Gasteiger partial charge in [-0.1, -0.05) is 11.6 Å². The first-order valence-electron chi connectivity index (χ1n) is 5.63. The maximum Gasteiger partial charge on any atom is 0.344 e. The van der Waals surface area contributed by atoms with Crippen molar-refractivity contribution in [3.05, 3.63) is 22.7 Å². The van der Waals surface area contributed by atoms with Gasteiger partial charge in [0.05, 0.1) is 18.8 Å². The molecule has 0 spiro atoms. The first-order chi connectivity index (χ1) is 8.97. The number of halogens is 1. The van der Waals surface area contributed by atoms with E-state index < -0.39 is 5.97 Å². The van der Waals surface area contributed by atoms with Gasteiger partial charge in [0.2, 0.25) is 0 Å². The van der Waals surface area contributed by atoms with Crippen molar-refractivity contribution in [1.29, 1.82) is 0 Å². The highest BCUT2D eigenvalue weighted by atomic mass is 35.5. The van der Waals surface area contributed by atoms with Crippen LogP contribution in [0.15, 0.2) is 12.1 Å². The normalized spacial score (nSPS) is 10.2. The van der Waals surface area contributed by atoms with Crippen molar-refractivity contribution in [1.82, 2.24) is 0 Å². The zero-order valence-electron chi connectivity index (χ0n) is 10.9. The number of carbonyl (C=O) groups is 2. The van der Waals surface area contributed by atoms with Gasteiger partial charge < -0.3 is 14.2 Å². The zero-order valence-corrected chi connectivity index (χ0v) is 11.7. The van der Waals surface area contributed by atoms with Gasteiger partial charge in [-0.25, -0.2) is 4.79 Å². The molecule has 0 aliphatic carbocycles. The molecule has 0 unspecified atom stereocenters. The summed E-state index contributed by atoms with van der Waals surface area (Å²) in [6, 6.07) is 2.93. The second-order valence-electron chi connectivity index (χ2n) is 3.97. The summed E-state index contributed by atoms with van der Waals surface area (Å²) in [6.07, 6.45) is 0.353. The number of methoxy groups -OCH3 is 1. The molecule has 0 atom stereocenters. The molecular weight excluding hydrogens is 272 g/mol. The predicted molar refractivity (Wildman–Crippen MR) is 70.1 cm³/mol. The fourth-order valence-corrected chi connectivity index (χ4v) is 1.63. The van der Waals surface area contributed by atoms with Crippen molar-refractivity contribution in [2.24, 2.45) is 0 Å². The van der Waals surface area contributed by atoms with E-state index >= 15 is 0 Å². The molecule has 0 saturated heterocycles.